The molecule has 0 amide bonds. The lowest BCUT2D eigenvalue weighted by Gasteiger charge is -2.20. The van der Waals surface area contributed by atoms with Gasteiger partial charge in [0.25, 0.3) is 0 Å². The van der Waals surface area contributed by atoms with E-state index < -0.39 is 11.9 Å². The molecule has 0 aliphatic heterocycles. The van der Waals surface area contributed by atoms with E-state index in [4.69, 9.17) is 9.47 Å². The van der Waals surface area contributed by atoms with Gasteiger partial charge in [-0.05, 0) is 10.8 Å². The fourth-order valence-electron chi connectivity index (χ4n) is 1.18. The van der Waals surface area contributed by atoms with Gasteiger partial charge < -0.3 is 9.47 Å². The molecule has 0 fully saturated rings. The minimum absolute atomic E-state index is 0.198. The first-order chi connectivity index (χ1) is 9.37. The number of esters is 2. The van der Waals surface area contributed by atoms with Gasteiger partial charge in [-0.25, -0.2) is 9.59 Å². The summed E-state index contributed by atoms with van der Waals surface area (Å²) in [4.78, 5) is 23.4. The first-order valence-corrected chi connectivity index (χ1v) is 7.10. The van der Waals surface area contributed by atoms with E-state index >= 15 is 0 Å². The van der Waals surface area contributed by atoms with E-state index in [0.29, 0.717) is 17.6 Å². The molecule has 21 heavy (non-hydrogen) atoms. The van der Waals surface area contributed by atoms with E-state index in [0.717, 1.165) is 0 Å². The predicted octanol–water partition coefficient (Wildman–Crippen LogP) is 3.67. The third kappa shape index (κ3) is 7.11. The van der Waals surface area contributed by atoms with Crippen molar-refractivity contribution < 1.29 is 19.1 Å². The predicted molar refractivity (Wildman–Crippen MR) is 83.7 cm³/mol. The van der Waals surface area contributed by atoms with Gasteiger partial charge >= 0.3 is 11.9 Å². The fourth-order valence-corrected chi connectivity index (χ4v) is 1.18. The molecular formula is C17H28O4. The van der Waals surface area contributed by atoms with E-state index in [9.17, 15) is 9.59 Å². The Labute approximate surface area is 128 Å². The van der Waals surface area contributed by atoms with Gasteiger partial charge in [0.05, 0.1) is 13.2 Å². The molecule has 120 valence electrons. The molecule has 0 saturated carbocycles. The van der Waals surface area contributed by atoms with Crippen LogP contribution in [0, 0.1) is 10.8 Å². The molecule has 4 heteroatoms. The summed E-state index contributed by atoms with van der Waals surface area (Å²) in [6, 6.07) is 0. The van der Waals surface area contributed by atoms with Crippen LogP contribution in [0.4, 0.5) is 0 Å². The van der Waals surface area contributed by atoms with E-state index in [1.54, 1.807) is 0 Å². The molecule has 0 atom stereocenters. The summed E-state index contributed by atoms with van der Waals surface area (Å²) < 4.78 is 10.2. The van der Waals surface area contributed by atoms with E-state index in [1.165, 1.54) is 0 Å². The lowest BCUT2D eigenvalue weighted by atomic mass is 9.88. The average Bonchev–Trinajstić information content (AvgIpc) is 2.33. The monoisotopic (exact) mass is 296 g/mol. The molecule has 0 saturated heterocycles. The minimum atomic E-state index is -0.409. The van der Waals surface area contributed by atoms with Gasteiger partial charge in [-0.2, -0.15) is 0 Å². The van der Waals surface area contributed by atoms with Crippen molar-refractivity contribution in [2.45, 2.75) is 48.0 Å². The van der Waals surface area contributed by atoms with Gasteiger partial charge in [-0.3, -0.25) is 0 Å². The largest absolute Gasteiger partial charge is 0.462 e. The lowest BCUT2D eigenvalue weighted by Crippen LogP contribution is -2.21. The fraction of sp³-hybridized carbons (Fsp3) is 0.647. The van der Waals surface area contributed by atoms with Crippen molar-refractivity contribution in [2.75, 3.05) is 13.2 Å². The van der Waals surface area contributed by atoms with Crippen molar-refractivity contribution in [3.8, 4) is 0 Å². The van der Waals surface area contributed by atoms with E-state index in [1.807, 2.05) is 41.5 Å². The normalized spacial score (nSPS) is 11.7. The summed E-state index contributed by atoms with van der Waals surface area (Å²) in [6.45, 7) is 19.3. The second-order valence-electron chi connectivity index (χ2n) is 7.08. The Morgan fingerprint density at radius 3 is 1.29 bits per heavy atom. The van der Waals surface area contributed by atoms with Gasteiger partial charge in [-0.15, -0.1) is 0 Å². The molecule has 0 N–H and O–H groups in total. The van der Waals surface area contributed by atoms with Crippen LogP contribution in [-0.2, 0) is 19.1 Å². The summed E-state index contributed by atoms with van der Waals surface area (Å²) in [6.07, 6.45) is 0.451. The van der Waals surface area contributed by atoms with E-state index in [2.05, 4.69) is 13.2 Å². The Morgan fingerprint density at radius 2 is 1.05 bits per heavy atom. The number of carbonyl (C=O) groups is 2. The first kappa shape index (κ1) is 19.4. The van der Waals surface area contributed by atoms with Crippen LogP contribution in [0.2, 0.25) is 0 Å². The van der Waals surface area contributed by atoms with Gasteiger partial charge in [-0.1, -0.05) is 54.7 Å². The molecule has 0 bridgehead atoms. The molecule has 0 rings (SSSR count). The molecule has 0 aromatic carbocycles. The highest BCUT2D eigenvalue weighted by Crippen LogP contribution is 2.25. The van der Waals surface area contributed by atoms with Crippen molar-refractivity contribution in [3.63, 3.8) is 0 Å². The number of ether oxygens (including phenoxy) is 2. The Morgan fingerprint density at radius 1 is 0.762 bits per heavy atom. The lowest BCUT2D eigenvalue weighted by molar-refractivity contribution is -0.142. The molecule has 0 spiro atoms. The minimum Gasteiger partial charge on any atom is -0.462 e. The Bertz CT molecular complexity index is 379. The maximum Gasteiger partial charge on any atom is 0.333 e. The third-order valence-electron chi connectivity index (χ3n) is 3.06. The molecule has 4 nitrogen and oxygen atoms in total. The highest BCUT2D eigenvalue weighted by molar-refractivity contribution is 5.89. The highest BCUT2D eigenvalue weighted by Gasteiger charge is 2.23. The summed E-state index contributed by atoms with van der Waals surface area (Å²) in [5.74, 6) is -0.819. The van der Waals surface area contributed by atoms with Crippen LogP contribution in [0.15, 0.2) is 24.3 Å². The quantitative estimate of drug-likeness (QED) is 0.426. The van der Waals surface area contributed by atoms with Crippen LogP contribution in [0.25, 0.3) is 0 Å². The molecule has 0 aromatic heterocycles. The van der Waals surface area contributed by atoms with Crippen LogP contribution in [0.1, 0.15) is 48.0 Å². The molecular weight excluding hydrogens is 268 g/mol. The first-order valence-electron chi connectivity index (χ1n) is 7.10. The van der Waals surface area contributed by atoms with Gasteiger partial charge in [0.2, 0.25) is 0 Å². The van der Waals surface area contributed by atoms with Crippen molar-refractivity contribution in [2.24, 2.45) is 10.8 Å². The zero-order valence-corrected chi connectivity index (χ0v) is 14.2. The maximum absolute atomic E-state index is 11.7. The summed E-state index contributed by atoms with van der Waals surface area (Å²) in [5, 5.41) is 0. The summed E-state index contributed by atoms with van der Waals surface area (Å²) >= 11 is 0. The highest BCUT2D eigenvalue weighted by atomic mass is 16.5. The van der Waals surface area contributed by atoms with E-state index in [-0.39, 0.29) is 24.0 Å². The third-order valence-corrected chi connectivity index (χ3v) is 3.06. The number of rotatable bonds is 6. The number of carbonyl (C=O) groups excluding carboxylic acids is 2. The van der Waals surface area contributed by atoms with Crippen molar-refractivity contribution in [3.05, 3.63) is 24.3 Å². The number of hydrogen-bond donors (Lipinski definition) is 0. The van der Waals surface area contributed by atoms with Crippen LogP contribution < -0.4 is 0 Å². The molecule has 0 aliphatic carbocycles. The topological polar surface area (TPSA) is 52.6 Å². The Balaban J connectivity index is 3.99. The maximum atomic E-state index is 11.7. The summed E-state index contributed by atoms with van der Waals surface area (Å²) in [5.41, 5.74) is 0.239. The molecule has 0 heterocycles. The van der Waals surface area contributed by atoms with Crippen LogP contribution in [0.3, 0.4) is 0 Å². The second kappa shape index (κ2) is 7.43. The molecule has 0 unspecified atom stereocenters. The van der Waals surface area contributed by atoms with Crippen LogP contribution in [0.5, 0.6) is 0 Å². The van der Waals surface area contributed by atoms with Crippen molar-refractivity contribution in [1.29, 1.82) is 0 Å². The summed E-state index contributed by atoms with van der Waals surface area (Å²) in [7, 11) is 0. The van der Waals surface area contributed by atoms with Crippen molar-refractivity contribution in [1.82, 2.24) is 0 Å². The zero-order valence-electron chi connectivity index (χ0n) is 14.2. The molecule has 0 aromatic rings. The van der Waals surface area contributed by atoms with Crippen molar-refractivity contribution >= 4 is 11.9 Å². The van der Waals surface area contributed by atoms with Gasteiger partial charge in [0.15, 0.2) is 0 Å². The van der Waals surface area contributed by atoms with Gasteiger partial charge in [0.1, 0.15) is 0 Å². The Hall–Kier alpha value is -1.58. The van der Waals surface area contributed by atoms with Gasteiger partial charge in [0, 0.05) is 17.6 Å². The number of hydrogen-bond acceptors (Lipinski definition) is 4. The van der Waals surface area contributed by atoms with Crippen LogP contribution >= 0.6 is 0 Å². The smallest absolute Gasteiger partial charge is 0.333 e. The SMILES string of the molecule is C=C(C(=O)OCCCOC(=O)C(=C)C(C)(C)C)C(C)(C)C. The zero-order chi connectivity index (χ0) is 16.8. The Kier molecular flexibility index (Phi) is 6.88. The van der Waals surface area contributed by atoms with Crippen LogP contribution in [-0.4, -0.2) is 25.2 Å². The average molecular weight is 296 g/mol. The standard InChI is InChI=1S/C17H28O4/c1-12(16(3,4)5)14(18)20-10-9-11-21-15(19)13(2)17(6,7)8/h1-2,9-11H2,3-8H3. The molecule has 0 aliphatic rings. The second-order valence-corrected chi connectivity index (χ2v) is 7.08. The molecule has 0 radical (unpaired) electrons.